The summed E-state index contributed by atoms with van der Waals surface area (Å²) in [5, 5.41) is 3.27. The summed E-state index contributed by atoms with van der Waals surface area (Å²) in [4.78, 5) is 0. The molecule has 0 fully saturated rings. The van der Waals surface area contributed by atoms with Crippen LogP contribution >= 0.6 is 0 Å². The smallest absolute Gasteiger partial charge is 0.161 e. The van der Waals surface area contributed by atoms with Crippen LogP contribution in [0.25, 0.3) is 0 Å². The molecule has 0 bridgehead atoms. The molecule has 1 aromatic carbocycles. The van der Waals surface area contributed by atoms with Crippen molar-refractivity contribution in [1.29, 1.82) is 0 Å². The van der Waals surface area contributed by atoms with E-state index in [4.69, 9.17) is 9.47 Å². The van der Waals surface area contributed by atoms with Gasteiger partial charge in [-0.15, -0.1) is 6.58 Å². The summed E-state index contributed by atoms with van der Waals surface area (Å²) in [6.07, 6.45) is 3.76. The molecule has 0 spiro atoms. The van der Waals surface area contributed by atoms with Gasteiger partial charge >= 0.3 is 0 Å². The first kappa shape index (κ1) is 12.0. The van der Waals surface area contributed by atoms with Gasteiger partial charge in [-0.05, 0) is 31.2 Å². The number of rotatable bonds is 4. The maximum atomic E-state index is 5.68. The summed E-state index contributed by atoms with van der Waals surface area (Å²) >= 11 is 0. The van der Waals surface area contributed by atoms with Crippen molar-refractivity contribution >= 4 is 0 Å². The summed E-state index contributed by atoms with van der Waals surface area (Å²) in [5.41, 5.74) is 1.21. The van der Waals surface area contributed by atoms with Gasteiger partial charge in [-0.2, -0.15) is 0 Å². The molecule has 17 heavy (non-hydrogen) atoms. The zero-order valence-electron chi connectivity index (χ0n) is 10.2. The third-order valence-corrected chi connectivity index (χ3v) is 2.92. The average molecular weight is 233 g/mol. The normalized spacial score (nSPS) is 16.1. The van der Waals surface area contributed by atoms with Crippen molar-refractivity contribution in [1.82, 2.24) is 5.32 Å². The second-order valence-corrected chi connectivity index (χ2v) is 4.12. The molecule has 92 valence electrons. The third kappa shape index (κ3) is 2.80. The van der Waals surface area contributed by atoms with Crippen LogP contribution in [-0.2, 0) is 0 Å². The minimum Gasteiger partial charge on any atom is -0.490 e. The fraction of sp³-hybridized carbons (Fsp3) is 0.429. The van der Waals surface area contributed by atoms with E-state index in [1.165, 1.54) is 5.56 Å². The summed E-state index contributed by atoms with van der Waals surface area (Å²) in [7, 11) is 1.96. The molecule has 0 aromatic heterocycles. The predicted molar refractivity (Wildman–Crippen MR) is 68.7 cm³/mol. The van der Waals surface area contributed by atoms with Crippen LogP contribution in [0.2, 0.25) is 0 Å². The van der Waals surface area contributed by atoms with Crippen LogP contribution in [0.3, 0.4) is 0 Å². The Morgan fingerprint density at radius 1 is 1.35 bits per heavy atom. The number of nitrogens with one attached hydrogen (secondary N) is 1. The van der Waals surface area contributed by atoms with E-state index in [0.717, 1.165) is 37.6 Å². The molecule has 1 atom stereocenters. The Morgan fingerprint density at radius 3 is 2.82 bits per heavy atom. The van der Waals surface area contributed by atoms with E-state index in [1.807, 2.05) is 19.2 Å². The lowest BCUT2D eigenvalue weighted by Crippen LogP contribution is -2.15. The minimum absolute atomic E-state index is 0.282. The summed E-state index contributed by atoms with van der Waals surface area (Å²) in [5.74, 6) is 1.70. The third-order valence-electron chi connectivity index (χ3n) is 2.92. The topological polar surface area (TPSA) is 30.5 Å². The molecule has 0 saturated carbocycles. The zero-order chi connectivity index (χ0) is 12.1. The van der Waals surface area contributed by atoms with E-state index in [-0.39, 0.29) is 6.04 Å². The zero-order valence-corrected chi connectivity index (χ0v) is 10.2. The van der Waals surface area contributed by atoms with Crippen molar-refractivity contribution in [2.45, 2.75) is 18.9 Å². The van der Waals surface area contributed by atoms with Crippen molar-refractivity contribution in [2.75, 3.05) is 20.3 Å². The lowest BCUT2D eigenvalue weighted by Gasteiger charge is -2.16. The van der Waals surface area contributed by atoms with E-state index in [9.17, 15) is 0 Å². The number of hydrogen-bond donors (Lipinski definition) is 1. The Morgan fingerprint density at radius 2 is 2.12 bits per heavy atom. The van der Waals surface area contributed by atoms with Gasteiger partial charge in [0.25, 0.3) is 0 Å². The summed E-state index contributed by atoms with van der Waals surface area (Å²) in [6.45, 7) is 5.24. The Hall–Kier alpha value is -1.48. The van der Waals surface area contributed by atoms with Gasteiger partial charge in [-0.1, -0.05) is 12.1 Å². The Bertz CT molecular complexity index is 390. The lowest BCUT2D eigenvalue weighted by atomic mass is 10.0. The number of benzene rings is 1. The van der Waals surface area contributed by atoms with Gasteiger partial charge in [0.15, 0.2) is 11.5 Å². The predicted octanol–water partition coefficient (Wildman–Crippen LogP) is 2.68. The maximum absolute atomic E-state index is 5.68. The molecule has 0 aliphatic carbocycles. The van der Waals surface area contributed by atoms with Gasteiger partial charge in [0.1, 0.15) is 0 Å². The van der Waals surface area contributed by atoms with Crippen LogP contribution in [0.15, 0.2) is 30.9 Å². The number of ether oxygens (including phenoxy) is 2. The summed E-state index contributed by atoms with van der Waals surface area (Å²) in [6, 6.07) is 6.41. The van der Waals surface area contributed by atoms with E-state index in [1.54, 1.807) is 0 Å². The van der Waals surface area contributed by atoms with E-state index in [0.29, 0.717) is 0 Å². The van der Waals surface area contributed by atoms with Crippen molar-refractivity contribution in [3.63, 3.8) is 0 Å². The molecule has 1 N–H and O–H groups in total. The van der Waals surface area contributed by atoms with Crippen molar-refractivity contribution in [2.24, 2.45) is 0 Å². The fourth-order valence-corrected chi connectivity index (χ4v) is 1.98. The highest BCUT2D eigenvalue weighted by Crippen LogP contribution is 2.32. The molecular formula is C14H19NO2. The van der Waals surface area contributed by atoms with Crippen molar-refractivity contribution in [3.8, 4) is 11.5 Å². The molecule has 1 heterocycles. The van der Waals surface area contributed by atoms with E-state index in [2.05, 4.69) is 24.0 Å². The van der Waals surface area contributed by atoms with Gasteiger partial charge in [-0.3, -0.25) is 0 Å². The Labute approximate surface area is 102 Å². The van der Waals surface area contributed by atoms with Crippen LogP contribution in [-0.4, -0.2) is 20.3 Å². The molecule has 0 radical (unpaired) electrons. The van der Waals surface area contributed by atoms with Crippen molar-refractivity contribution < 1.29 is 9.47 Å². The van der Waals surface area contributed by atoms with Crippen LogP contribution in [0.5, 0.6) is 11.5 Å². The first-order valence-electron chi connectivity index (χ1n) is 6.03. The van der Waals surface area contributed by atoms with Crippen LogP contribution in [0.1, 0.15) is 24.4 Å². The van der Waals surface area contributed by atoms with Crippen LogP contribution in [0, 0.1) is 0 Å². The molecule has 1 unspecified atom stereocenters. The Kier molecular flexibility index (Phi) is 4.04. The maximum Gasteiger partial charge on any atom is 0.161 e. The molecule has 3 nitrogen and oxygen atoms in total. The highest BCUT2D eigenvalue weighted by Gasteiger charge is 2.14. The van der Waals surface area contributed by atoms with Crippen LogP contribution < -0.4 is 14.8 Å². The molecule has 1 aliphatic rings. The van der Waals surface area contributed by atoms with Gasteiger partial charge < -0.3 is 14.8 Å². The molecule has 2 rings (SSSR count). The fourth-order valence-electron chi connectivity index (χ4n) is 1.98. The van der Waals surface area contributed by atoms with E-state index >= 15 is 0 Å². The number of fused-ring (bicyclic) bond motifs is 1. The highest BCUT2D eigenvalue weighted by atomic mass is 16.5. The van der Waals surface area contributed by atoms with Crippen LogP contribution in [0.4, 0.5) is 0 Å². The van der Waals surface area contributed by atoms with Gasteiger partial charge in [0.2, 0.25) is 0 Å². The molecule has 3 heteroatoms. The first-order valence-corrected chi connectivity index (χ1v) is 6.03. The number of hydrogen-bond acceptors (Lipinski definition) is 3. The molecule has 0 saturated heterocycles. The monoisotopic (exact) mass is 233 g/mol. The van der Waals surface area contributed by atoms with Gasteiger partial charge in [0, 0.05) is 12.5 Å². The first-order chi connectivity index (χ1) is 8.35. The van der Waals surface area contributed by atoms with Crippen molar-refractivity contribution in [3.05, 3.63) is 36.4 Å². The molecule has 1 aromatic rings. The average Bonchev–Trinajstić information content (AvgIpc) is 2.60. The minimum atomic E-state index is 0.282. The van der Waals surface area contributed by atoms with Gasteiger partial charge in [0.05, 0.1) is 13.2 Å². The van der Waals surface area contributed by atoms with E-state index < -0.39 is 0 Å². The largest absolute Gasteiger partial charge is 0.490 e. The molecule has 0 amide bonds. The standard InChI is InChI=1S/C14H19NO2/c1-3-5-12(15-2)11-6-7-13-14(10-11)17-9-4-8-16-13/h3,6-7,10,12,15H,1,4-5,8-9H2,2H3. The quantitative estimate of drug-likeness (QED) is 0.811. The highest BCUT2D eigenvalue weighted by molar-refractivity contribution is 5.44. The summed E-state index contributed by atoms with van der Waals surface area (Å²) < 4.78 is 11.3. The molecule has 1 aliphatic heterocycles. The second kappa shape index (κ2) is 5.73. The SMILES string of the molecule is C=CCC(NC)c1ccc2c(c1)OCCCO2. The van der Waals surface area contributed by atoms with Gasteiger partial charge in [-0.25, -0.2) is 0 Å². The Balaban J connectivity index is 2.24. The molecular weight excluding hydrogens is 214 g/mol. The lowest BCUT2D eigenvalue weighted by molar-refractivity contribution is 0.297. The second-order valence-electron chi connectivity index (χ2n) is 4.12.